The summed E-state index contributed by atoms with van der Waals surface area (Å²) in [5, 5.41) is 2.75. The van der Waals surface area contributed by atoms with Crippen molar-refractivity contribution in [2.24, 2.45) is 10.7 Å². The fourth-order valence-electron chi connectivity index (χ4n) is 2.25. The quantitative estimate of drug-likeness (QED) is 0.330. The molecule has 0 radical (unpaired) electrons. The standard InChI is InChI=1S/C14H22N6O.HI/c15-14(20-9-3-1-2-4-10-20)19-8-7-18-13(21)12-11-16-5-6-17-12;/h5-6,11H,1-4,7-10H2,(H2,15,19)(H,18,21);1H. The van der Waals surface area contributed by atoms with Crippen molar-refractivity contribution in [3.63, 3.8) is 0 Å². The van der Waals surface area contributed by atoms with Crippen LogP contribution in [0.4, 0.5) is 0 Å². The molecule has 1 saturated heterocycles. The van der Waals surface area contributed by atoms with Gasteiger partial charge in [-0.05, 0) is 12.8 Å². The van der Waals surface area contributed by atoms with Gasteiger partial charge in [0.05, 0.1) is 12.7 Å². The zero-order valence-electron chi connectivity index (χ0n) is 12.6. The molecule has 1 aliphatic rings. The molecule has 1 aromatic heterocycles. The SMILES string of the molecule is I.NC(=NCCNC(=O)c1cnccn1)N1CCCCCC1. The van der Waals surface area contributed by atoms with Gasteiger partial charge in [-0.15, -0.1) is 24.0 Å². The molecule has 7 nitrogen and oxygen atoms in total. The molecule has 2 rings (SSSR count). The van der Waals surface area contributed by atoms with Crippen molar-refractivity contribution in [2.45, 2.75) is 25.7 Å². The molecule has 0 atom stereocenters. The highest BCUT2D eigenvalue weighted by molar-refractivity contribution is 14.0. The maximum atomic E-state index is 11.7. The molecule has 0 bridgehead atoms. The maximum Gasteiger partial charge on any atom is 0.271 e. The lowest BCUT2D eigenvalue weighted by Crippen LogP contribution is -2.38. The molecule has 1 aliphatic heterocycles. The third kappa shape index (κ3) is 6.12. The Morgan fingerprint density at radius 3 is 2.64 bits per heavy atom. The van der Waals surface area contributed by atoms with Crippen LogP contribution < -0.4 is 11.1 Å². The zero-order chi connectivity index (χ0) is 14.9. The van der Waals surface area contributed by atoms with Gasteiger partial charge in [-0.2, -0.15) is 0 Å². The highest BCUT2D eigenvalue weighted by atomic mass is 127. The molecule has 0 unspecified atom stereocenters. The van der Waals surface area contributed by atoms with Crippen LogP contribution in [0, 0.1) is 0 Å². The number of nitrogens with zero attached hydrogens (tertiary/aromatic N) is 4. The van der Waals surface area contributed by atoms with E-state index in [0.29, 0.717) is 24.7 Å². The van der Waals surface area contributed by atoms with Crippen LogP contribution in [0.2, 0.25) is 0 Å². The molecule has 3 N–H and O–H groups in total. The van der Waals surface area contributed by atoms with Crippen molar-refractivity contribution >= 4 is 35.8 Å². The number of guanidine groups is 1. The summed E-state index contributed by atoms with van der Waals surface area (Å²) in [4.78, 5) is 26.0. The van der Waals surface area contributed by atoms with Crippen molar-refractivity contribution in [3.8, 4) is 0 Å². The normalized spacial score (nSPS) is 15.6. The van der Waals surface area contributed by atoms with Crippen LogP contribution in [-0.2, 0) is 0 Å². The molecule has 0 saturated carbocycles. The second kappa shape index (κ2) is 10.3. The molecule has 8 heteroatoms. The second-order valence-corrected chi connectivity index (χ2v) is 4.99. The van der Waals surface area contributed by atoms with Gasteiger partial charge in [0.15, 0.2) is 5.96 Å². The Hall–Kier alpha value is -1.45. The minimum Gasteiger partial charge on any atom is -0.370 e. The third-order valence-electron chi connectivity index (χ3n) is 3.40. The number of rotatable bonds is 4. The van der Waals surface area contributed by atoms with E-state index in [1.807, 2.05) is 0 Å². The lowest BCUT2D eigenvalue weighted by molar-refractivity contribution is 0.0949. The summed E-state index contributed by atoms with van der Waals surface area (Å²) in [5.41, 5.74) is 6.29. The Bertz CT molecular complexity index is 473. The molecule has 1 fully saturated rings. The van der Waals surface area contributed by atoms with Crippen LogP contribution in [0.15, 0.2) is 23.6 Å². The van der Waals surface area contributed by atoms with E-state index in [1.165, 1.54) is 44.3 Å². The largest absolute Gasteiger partial charge is 0.370 e. The first-order chi connectivity index (χ1) is 10.3. The van der Waals surface area contributed by atoms with Crippen molar-refractivity contribution in [3.05, 3.63) is 24.3 Å². The van der Waals surface area contributed by atoms with E-state index >= 15 is 0 Å². The lowest BCUT2D eigenvalue weighted by atomic mass is 10.2. The first-order valence-electron chi connectivity index (χ1n) is 7.36. The third-order valence-corrected chi connectivity index (χ3v) is 3.40. The molecule has 0 aromatic carbocycles. The smallest absolute Gasteiger partial charge is 0.271 e. The molecule has 22 heavy (non-hydrogen) atoms. The van der Waals surface area contributed by atoms with Crippen LogP contribution in [0.3, 0.4) is 0 Å². The van der Waals surface area contributed by atoms with Crippen LogP contribution in [0.25, 0.3) is 0 Å². The number of amides is 1. The summed E-state index contributed by atoms with van der Waals surface area (Å²) in [7, 11) is 0. The monoisotopic (exact) mass is 418 g/mol. The molecule has 0 spiro atoms. The van der Waals surface area contributed by atoms with Crippen molar-refractivity contribution in [1.29, 1.82) is 0 Å². The second-order valence-electron chi connectivity index (χ2n) is 4.99. The van der Waals surface area contributed by atoms with Crippen molar-refractivity contribution in [1.82, 2.24) is 20.2 Å². The van der Waals surface area contributed by atoms with E-state index in [1.54, 1.807) is 0 Å². The van der Waals surface area contributed by atoms with Crippen LogP contribution in [0.5, 0.6) is 0 Å². The number of likely N-dealkylation sites (tertiary alicyclic amines) is 1. The van der Waals surface area contributed by atoms with Gasteiger partial charge in [-0.1, -0.05) is 12.8 Å². The fraction of sp³-hybridized carbons (Fsp3) is 0.571. The Morgan fingerprint density at radius 2 is 2.00 bits per heavy atom. The van der Waals surface area contributed by atoms with Crippen LogP contribution in [0.1, 0.15) is 36.2 Å². The summed E-state index contributed by atoms with van der Waals surface area (Å²) in [6.07, 6.45) is 9.31. The predicted molar refractivity (Wildman–Crippen MR) is 96.3 cm³/mol. The molecule has 0 aliphatic carbocycles. The van der Waals surface area contributed by atoms with Gasteiger partial charge in [-0.3, -0.25) is 14.8 Å². The fourth-order valence-corrected chi connectivity index (χ4v) is 2.25. The van der Waals surface area contributed by atoms with E-state index in [2.05, 4.69) is 25.2 Å². The topological polar surface area (TPSA) is 96.5 Å². The van der Waals surface area contributed by atoms with Gasteiger partial charge in [0.2, 0.25) is 0 Å². The number of nitrogens with two attached hydrogens (primary N) is 1. The number of aliphatic imine (C=N–C) groups is 1. The number of hydrogen-bond acceptors (Lipinski definition) is 4. The Labute approximate surface area is 147 Å². The van der Waals surface area contributed by atoms with Gasteiger partial charge in [0.1, 0.15) is 5.69 Å². The number of aromatic nitrogens is 2. The van der Waals surface area contributed by atoms with Crippen molar-refractivity contribution < 1.29 is 4.79 Å². The maximum absolute atomic E-state index is 11.7. The molecule has 1 aromatic rings. The molecular formula is C14H23IN6O. The van der Waals surface area contributed by atoms with E-state index in [-0.39, 0.29) is 29.9 Å². The number of halogens is 1. The minimum absolute atomic E-state index is 0. The highest BCUT2D eigenvalue weighted by Gasteiger charge is 2.10. The average molecular weight is 418 g/mol. The highest BCUT2D eigenvalue weighted by Crippen LogP contribution is 2.08. The van der Waals surface area contributed by atoms with Gasteiger partial charge in [0.25, 0.3) is 5.91 Å². The summed E-state index contributed by atoms with van der Waals surface area (Å²) in [5.74, 6) is 0.331. The predicted octanol–water partition coefficient (Wildman–Crippen LogP) is 1.02. The Balaban J connectivity index is 0.00000242. The van der Waals surface area contributed by atoms with Crippen molar-refractivity contribution in [2.75, 3.05) is 26.2 Å². The van der Waals surface area contributed by atoms with Gasteiger partial charge >= 0.3 is 0 Å². The number of carbonyl (C=O) groups is 1. The first-order valence-corrected chi connectivity index (χ1v) is 7.36. The average Bonchev–Trinajstić information content (AvgIpc) is 2.81. The van der Waals surface area contributed by atoms with Crippen LogP contribution in [-0.4, -0.2) is 52.9 Å². The summed E-state index contributed by atoms with van der Waals surface area (Å²) >= 11 is 0. The molecular weight excluding hydrogens is 395 g/mol. The summed E-state index contributed by atoms with van der Waals surface area (Å²) < 4.78 is 0. The zero-order valence-corrected chi connectivity index (χ0v) is 14.9. The van der Waals surface area contributed by atoms with Gasteiger partial charge in [-0.25, -0.2) is 4.98 Å². The Kier molecular flexibility index (Phi) is 8.71. The molecule has 1 amide bonds. The summed E-state index contributed by atoms with van der Waals surface area (Å²) in [6, 6.07) is 0. The van der Waals surface area contributed by atoms with E-state index < -0.39 is 0 Å². The molecule has 2 heterocycles. The number of hydrogen-bond donors (Lipinski definition) is 2. The van der Waals surface area contributed by atoms with Gasteiger partial charge in [0, 0.05) is 32.0 Å². The van der Waals surface area contributed by atoms with Gasteiger partial charge < -0.3 is 16.0 Å². The lowest BCUT2D eigenvalue weighted by Gasteiger charge is -2.21. The Morgan fingerprint density at radius 1 is 1.27 bits per heavy atom. The number of carbonyl (C=O) groups excluding carboxylic acids is 1. The minimum atomic E-state index is -0.244. The van der Waals surface area contributed by atoms with Crippen LogP contribution >= 0.6 is 24.0 Å². The first kappa shape index (κ1) is 18.6. The van der Waals surface area contributed by atoms with E-state index in [9.17, 15) is 4.79 Å². The van der Waals surface area contributed by atoms with E-state index in [4.69, 9.17) is 5.73 Å². The summed E-state index contributed by atoms with van der Waals surface area (Å²) in [6.45, 7) is 2.85. The number of nitrogens with one attached hydrogen (secondary N) is 1. The molecule has 122 valence electrons. The van der Waals surface area contributed by atoms with E-state index in [0.717, 1.165) is 13.1 Å².